The summed E-state index contributed by atoms with van der Waals surface area (Å²) in [5.74, 6) is 0.851. The van der Waals surface area contributed by atoms with Gasteiger partial charge in [-0.2, -0.15) is 0 Å². The summed E-state index contributed by atoms with van der Waals surface area (Å²) >= 11 is 1.31. The summed E-state index contributed by atoms with van der Waals surface area (Å²) in [6.45, 7) is 13.9. The largest absolute Gasteiger partial charge is 0.493 e. The van der Waals surface area contributed by atoms with Gasteiger partial charge in [0, 0.05) is 40.8 Å². The molecule has 0 spiro atoms. The van der Waals surface area contributed by atoms with Crippen LogP contribution in [-0.4, -0.2) is 65.0 Å². The Morgan fingerprint density at radius 3 is 2.41 bits per heavy atom. The fourth-order valence-corrected chi connectivity index (χ4v) is 7.45. The highest BCUT2D eigenvalue weighted by molar-refractivity contribution is 7.48. The SMILES string of the molecule is CCC(CCOc1cc2ncnc(Nc3ncc(CC(=O)Nc4cccc(F)c4)s3)c2cc1OC)NCCOP(=O)(OC(C)(C)C)OC(C)(C)C. The molecule has 0 saturated carbocycles. The smallest absolute Gasteiger partial charge is 0.475 e. The second kappa shape index (κ2) is 17.7. The fourth-order valence-electron chi connectivity index (χ4n) is 4.84. The van der Waals surface area contributed by atoms with Gasteiger partial charge in [-0.05, 0) is 78.6 Å². The van der Waals surface area contributed by atoms with Gasteiger partial charge < -0.3 is 25.4 Å². The van der Waals surface area contributed by atoms with Gasteiger partial charge in [0.15, 0.2) is 16.6 Å². The molecule has 2 aromatic heterocycles. The zero-order valence-electron chi connectivity index (χ0n) is 30.4. The van der Waals surface area contributed by atoms with E-state index in [2.05, 4.69) is 37.8 Å². The molecule has 51 heavy (non-hydrogen) atoms. The predicted molar refractivity (Wildman–Crippen MR) is 198 cm³/mol. The number of fused-ring (bicyclic) bond motifs is 1. The Morgan fingerprint density at radius 1 is 1.00 bits per heavy atom. The number of carbonyl (C=O) groups excluding carboxylic acids is 1. The molecule has 1 atom stereocenters. The second-order valence-electron chi connectivity index (χ2n) is 13.6. The summed E-state index contributed by atoms with van der Waals surface area (Å²) in [5, 5.41) is 10.6. The van der Waals surface area contributed by atoms with Crippen molar-refractivity contribution in [3.8, 4) is 11.5 Å². The van der Waals surface area contributed by atoms with Crippen LogP contribution in [-0.2, 0) is 29.4 Å². The summed E-state index contributed by atoms with van der Waals surface area (Å²) in [6, 6.07) is 9.45. The average Bonchev–Trinajstić information content (AvgIpc) is 3.46. The van der Waals surface area contributed by atoms with E-state index in [0.717, 1.165) is 11.3 Å². The first-order valence-electron chi connectivity index (χ1n) is 16.7. The van der Waals surface area contributed by atoms with E-state index in [-0.39, 0.29) is 25.0 Å². The highest BCUT2D eigenvalue weighted by Gasteiger charge is 2.37. The van der Waals surface area contributed by atoms with E-state index >= 15 is 0 Å². The van der Waals surface area contributed by atoms with Crippen molar-refractivity contribution in [1.29, 1.82) is 0 Å². The number of amides is 1. The number of hydrogen-bond acceptors (Lipinski definition) is 13. The van der Waals surface area contributed by atoms with Crippen molar-refractivity contribution < 1.29 is 36.8 Å². The maximum atomic E-state index is 13.5. The summed E-state index contributed by atoms with van der Waals surface area (Å²) in [7, 11) is -2.22. The van der Waals surface area contributed by atoms with Crippen LogP contribution in [0, 0.1) is 5.82 Å². The zero-order chi connectivity index (χ0) is 37.2. The van der Waals surface area contributed by atoms with Gasteiger partial charge in [-0.1, -0.05) is 13.0 Å². The number of benzene rings is 2. The minimum atomic E-state index is -3.78. The Hall–Kier alpha value is -3.72. The van der Waals surface area contributed by atoms with E-state index < -0.39 is 24.8 Å². The van der Waals surface area contributed by atoms with Gasteiger partial charge in [0.25, 0.3) is 0 Å². The van der Waals surface area contributed by atoms with Gasteiger partial charge in [0.2, 0.25) is 5.91 Å². The Morgan fingerprint density at radius 2 is 1.75 bits per heavy atom. The highest BCUT2D eigenvalue weighted by atomic mass is 32.1. The van der Waals surface area contributed by atoms with Crippen molar-refractivity contribution in [3.05, 3.63) is 59.6 Å². The van der Waals surface area contributed by atoms with Crippen LogP contribution in [0.25, 0.3) is 10.9 Å². The molecule has 16 heteroatoms. The molecule has 4 rings (SSSR count). The van der Waals surface area contributed by atoms with Crippen LogP contribution in [0.1, 0.15) is 66.2 Å². The lowest BCUT2D eigenvalue weighted by molar-refractivity contribution is -0.115. The van der Waals surface area contributed by atoms with E-state index in [0.29, 0.717) is 58.6 Å². The van der Waals surface area contributed by atoms with Crippen molar-refractivity contribution >= 4 is 52.6 Å². The van der Waals surface area contributed by atoms with Gasteiger partial charge in [0.05, 0.1) is 43.5 Å². The molecule has 0 fully saturated rings. The van der Waals surface area contributed by atoms with E-state index in [1.54, 1.807) is 73.0 Å². The number of anilines is 3. The molecule has 278 valence electrons. The third kappa shape index (κ3) is 13.1. The normalized spacial score (nSPS) is 12.9. The molecular formula is C35H48FN6O7PS. The van der Waals surface area contributed by atoms with Crippen LogP contribution in [0.15, 0.2) is 48.9 Å². The number of ether oxygens (including phenoxy) is 2. The molecule has 3 N–H and O–H groups in total. The topological polar surface area (TPSA) is 155 Å². The standard InChI is InChI=1S/C35H48FN6O7PS/c1-9-24(37-14-16-47-50(44,48-34(2,3)4)49-35(5,6)7)13-15-46-30-20-28-27(19-29(30)45-8)32(40-22-39-28)42-33-38-21-26(51-33)18-31(43)41-25-12-10-11-23(36)17-25/h10-12,17,19-22,24,37H,9,13-16,18H2,1-8H3,(H,41,43)(H,38,39,40,42). The Labute approximate surface area is 302 Å². The number of thiazole rings is 1. The Balaban J connectivity index is 1.32. The van der Waals surface area contributed by atoms with Crippen LogP contribution in [0.2, 0.25) is 0 Å². The lowest BCUT2D eigenvalue weighted by Crippen LogP contribution is -2.33. The number of phosphoric acid groups is 1. The lowest BCUT2D eigenvalue weighted by Gasteiger charge is -2.31. The van der Waals surface area contributed by atoms with Crippen LogP contribution < -0.4 is 25.4 Å². The van der Waals surface area contributed by atoms with Crippen molar-refractivity contribution in [1.82, 2.24) is 20.3 Å². The fraction of sp³-hybridized carbons (Fsp3) is 0.486. The molecule has 2 heterocycles. The minimum Gasteiger partial charge on any atom is -0.493 e. The average molecular weight is 747 g/mol. The summed E-state index contributed by atoms with van der Waals surface area (Å²) < 4.78 is 55.6. The number of rotatable bonds is 18. The quantitative estimate of drug-likeness (QED) is 0.0667. The van der Waals surface area contributed by atoms with Crippen LogP contribution >= 0.6 is 19.2 Å². The number of aromatic nitrogens is 3. The van der Waals surface area contributed by atoms with Crippen LogP contribution in [0.5, 0.6) is 11.5 Å². The number of phosphoric ester groups is 1. The zero-order valence-corrected chi connectivity index (χ0v) is 32.1. The first kappa shape index (κ1) is 40.1. The number of carbonyl (C=O) groups is 1. The van der Waals surface area contributed by atoms with Crippen molar-refractivity contribution in [2.24, 2.45) is 0 Å². The third-order valence-electron chi connectivity index (χ3n) is 6.92. The first-order valence-corrected chi connectivity index (χ1v) is 18.9. The molecule has 0 bridgehead atoms. The number of halogens is 1. The van der Waals surface area contributed by atoms with Gasteiger partial charge >= 0.3 is 7.82 Å². The summed E-state index contributed by atoms with van der Waals surface area (Å²) in [5.41, 5.74) is -0.382. The minimum absolute atomic E-state index is 0.0813. The molecule has 0 aliphatic carbocycles. The number of methoxy groups -OCH3 is 1. The van der Waals surface area contributed by atoms with Gasteiger partial charge in [-0.3, -0.25) is 18.4 Å². The van der Waals surface area contributed by atoms with Crippen molar-refractivity contribution in [3.63, 3.8) is 0 Å². The first-order chi connectivity index (χ1) is 24.0. The number of nitrogens with one attached hydrogen (secondary N) is 3. The molecule has 1 amide bonds. The molecule has 13 nitrogen and oxygen atoms in total. The maximum Gasteiger partial charge on any atom is 0.475 e. The van der Waals surface area contributed by atoms with Gasteiger partial charge in [-0.15, -0.1) is 11.3 Å². The summed E-state index contributed by atoms with van der Waals surface area (Å²) in [6.07, 6.45) is 4.67. The molecular weight excluding hydrogens is 698 g/mol. The van der Waals surface area contributed by atoms with E-state index in [1.807, 2.05) is 0 Å². The van der Waals surface area contributed by atoms with E-state index in [1.165, 1.54) is 35.9 Å². The summed E-state index contributed by atoms with van der Waals surface area (Å²) in [4.78, 5) is 26.4. The van der Waals surface area contributed by atoms with Crippen LogP contribution in [0.4, 0.5) is 21.0 Å². The second-order valence-corrected chi connectivity index (χ2v) is 16.3. The Bertz CT molecular complexity index is 1790. The van der Waals surface area contributed by atoms with Gasteiger partial charge in [-0.25, -0.2) is 23.9 Å². The highest BCUT2D eigenvalue weighted by Crippen LogP contribution is 2.55. The monoisotopic (exact) mass is 746 g/mol. The molecule has 0 radical (unpaired) electrons. The molecule has 2 aromatic carbocycles. The van der Waals surface area contributed by atoms with E-state index in [9.17, 15) is 13.8 Å². The van der Waals surface area contributed by atoms with E-state index in [4.69, 9.17) is 23.0 Å². The number of nitrogens with zero attached hydrogens (tertiary/aromatic N) is 3. The molecule has 0 aliphatic rings. The van der Waals surface area contributed by atoms with Crippen LogP contribution in [0.3, 0.4) is 0 Å². The van der Waals surface area contributed by atoms with Crippen molar-refractivity contribution in [2.75, 3.05) is 37.5 Å². The maximum absolute atomic E-state index is 13.5. The molecule has 0 saturated heterocycles. The number of hydrogen-bond donors (Lipinski definition) is 3. The lowest BCUT2D eigenvalue weighted by atomic mass is 10.1. The molecule has 4 aromatic rings. The predicted octanol–water partition coefficient (Wildman–Crippen LogP) is 8.05. The Kier molecular flexibility index (Phi) is 13.9. The molecule has 1 unspecified atom stereocenters. The van der Waals surface area contributed by atoms with Crippen molar-refractivity contribution in [2.45, 2.75) is 85.0 Å². The third-order valence-corrected chi connectivity index (χ3v) is 9.87. The molecule has 0 aliphatic heterocycles. The van der Waals surface area contributed by atoms with Gasteiger partial charge in [0.1, 0.15) is 18.0 Å².